The maximum atomic E-state index is 13.4. The highest BCUT2D eigenvalue weighted by atomic mass is 35.5. The lowest BCUT2D eigenvalue weighted by Crippen LogP contribution is -2.53. The van der Waals surface area contributed by atoms with E-state index >= 15 is 0 Å². The Morgan fingerprint density at radius 3 is 2.69 bits per heavy atom. The van der Waals surface area contributed by atoms with Gasteiger partial charge in [-0.3, -0.25) is 9.59 Å². The van der Waals surface area contributed by atoms with Crippen molar-refractivity contribution in [3.63, 3.8) is 0 Å². The molecule has 3 N–H and O–H groups in total. The molecule has 1 fully saturated rings. The average molecular weight is 424 g/mol. The van der Waals surface area contributed by atoms with E-state index in [1.165, 1.54) is 25.3 Å². The summed E-state index contributed by atoms with van der Waals surface area (Å²) in [5.41, 5.74) is 1.02. The van der Waals surface area contributed by atoms with Gasteiger partial charge in [0.05, 0.1) is 25.5 Å². The Morgan fingerprint density at radius 2 is 2.00 bits per heavy atom. The van der Waals surface area contributed by atoms with Crippen LogP contribution >= 0.6 is 12.4 Å². The number of anilines is 2. The van der Waals surface area contributed by atoms with Crippen molar-refractivity contribution < 1.29 is 23.5 Å². The molecule has 2 atom stereocenters. The van der Waals surface area contributed by atoms with Crippen LogP contribution in [0.1, 0.15) is 17.3 Å². The number of benzene rings is 2. The molecule has 2 aromatic carbocycles. The first-order valence-corrected chi connectivity index (χ1v) is 8.88. The molecule has 7 nitrogen and oxygen atoms in total. The summed E-state index contributed by atoms with van der Waals surface area (Å²) in [6, 6.07) is 9.78. The minimum absolute atomic E-state index is 0. The Kier molecular flexibility index (Phi) is 7.95. The molecule has 2 aromatic rings. The van der Waals surface area contributed by atoms with Gasteiger partial charge in [0.15, 0.2) is 0 Å². The molecule has 0 saturated carbocycles. The number of methoxy groups -OCH3 is 1. The average Bonchev–Trinajstić information content (AvgIpc) is 2.68. The van der Waals surface area contributed by atoms with Crippen molar-refractivity contribution in [2.24, 2.45) is 0 Å². The van der Waals surface area contributed by atoms with Crippen LogP contribution in [0.25, 0.3) is 0 Å². The Bertz CT molecular complexity index is 881. The molecule has 0 bridgehead atoms. The van der Waals surface area contributed by atoms with Crippen molar-refractivity contribution >= 4 is 35.6 Å². The minimum atomic E-state index is -0.503. The zero-order valence-corrected chi connectivity index (χ0v) is 16.8. The Labute approximate surface area is 174 Å². The van der Waals surface area contributed by atoms with Crippen molar-refractivity contribution in [3.05, 3.63) is 53.8 Å². The number of morpholine rings is 1. The van der Waals surface area contributed by atoms with Crippen LogP contribution in [0, 0.1) is 5.82 Å². The summed E-state index contributed by atoms with van der Waals surface area (Å²) < 4.78 is 24.1. The third-order valence-corrected chi connectivity index (χ3v) is 4.40. The number of nitrogens with one attached hydrogen (secondary N) is 3. The summed E-state index contributed by atoms with van der Waals surface area (Å²) in [7, 11) is 1.47. The number of halogens is 2. The molecule has 1 aliphatic heterocycles. The minimum Gasteiger partial charge on any atom is -0.495 e. The summed E-state index contributed by atoms with van der Waals surface area (Å²) in [6.07, 6.45) is -0.251. The molecule has 2 amide bonds. The molecule has 1 aliphatic rings. The standard InChI is InChI=1S/C20H22FN3O4.ClH/c1-12-18(22-8-9-28-12)20(26)23-15-6-7-17(27-2)16(11-15)24-19(25)13-4-3-5-14(21)10-13;/h3-7,10-12,18,22H,8-9H2,1-2H3,(H,23,26)(H,24,25);1H/t12-,18+;/m1./s1. The third-order valence-electron chi connectivity index (χ3n) is 4.40. The number of carbonyl (C=O) groups is 2. The number of carbonyl (C=O) groups excluding carboxylic acids is 2. The van der Waals surface area contributed by atoms with Crippen molar-refractivity contribution in [2.75, 3.05) is 30.9 Å². The highest BCUT2D eigenvalue weighted by Gasteiger charge is 2.28. The highest BCUT2D eigenvalue weighted by Crippen LogP contribution is 2.28. The molecule has 156 valence electrons. The van der Waals surface area contributed by atoms with Crippen LogP contribution in [0.3, 0.4) is 0 Å². The molecule has 0 spiro atoms. The smallest absolute Gasteiger partial charge is 0.255 e. The van der Waals surface area contributed by atoms with Crippen LogP contribution < -0.4 is 20.7 Å². The fourth-order valence-corrected chi connectivity index (χ4v) is 2.95. The highest BCUT2D eigenvalue weighted by molar-refractivity contribution is 6.05. The molecule has 0 aromatic heterocycles. The van der Waals surface area contributed by atoms with E-state index < -0.39 is 17.8 Å². The molecule has 0 aliphatic carbocycles. The molecule has 29 heavy (non-hydrogen) atoms. The number of hydrogen-bond acceptors (Lipinski definition) is 5. The van der Waals surface area contributed by atoms with Gasteiger partial charge in [0.1, 0.15) is 17.6 Å². The van der Waals surface area contributed by atoms with Gasteiger partial charge in [-0.05, 0) is 43.3 Å². The topological polar surface area (TPSA) is 88.7 Å². The molecule has 3 rings (SSSR count). The molecule has 1 heterocycles. The first kappa shape index (κ1) is 22.6. The van der Waals surface area contributed by atoms with E-state index in [9.17, 15) is 14.0 Å². The fourth-order valence-electron chi connectivity index (χ4n) is 2.95. The zero-order valence-electron chi connectivity index (χ0n) is 16.0. The predicted octanol–water partition coefficient (Wildman–Crippen LogP) is 2.82. The van der Waals surface area contributed by atoms with E-state index in [4.69, 9.17) is 9.47 Å². The van der Waals surface area contributed by atoms with Gasteiger partial charge in [-0.25, -0.2) is 4.39 Å². The van der Waals surface area contributed by atoms with E-state index in [2.05, 4.69) is 16.0 Å². The fraction of sp³-hybridized carbons (Fsp3) is 0.300. The van der Waals surface area contributed by atoms with Gasteiger partial charge in [-0.15, -0.1) is 12.4 Å². The number of rotatable bonds is 5. The molecule has 0 radical (unpaired) electrons. The van der Waals surface area contributed by atoms with E-state index in [1.807, 2.05) is 6.92 Å². The monoisotopic (exact) mass is 423 g/mol. The van der Waals surface area contributed by atoms with Gasteiger partial charge in [0, 0.05) is 17.8 Å². The summed E-state index contributed by atoms with van der Waals surface area (Å²) in [5.74, 6) is -0.816. The third kappa shape index (κ3) is 5.66. The van der Waals surface area contributed by atoms with Gasteiger partial charge >= 0.3 is 0 Å². The van der Waals surface area contributed by atoms with Crippen LogP contribution in [-0.4, -0.2) is 44.2 Å². The van der Waals surface area contributed by atoms with Crippen molar-refractivity contribution in [1.82, 2.24) is 5.32 Å². The second-order valence-corrected chi connectivity index (χ2v) is 6.38. The maximum Gasteiger partial charge on any atom is 0.255 e. The SMILES string of the molecule is COc1ccc(NC(=O)[C@H]2NCCO[C@@H]2C)cc1NC(=O)c1cccc(F)c1.Cl. The van der Waals surface area contributed by atoms with Gasteiger partial charge < -0.3 is 25.4 Å². The van der Waals surface area contributed by atoms with Gasteiger partial charge in [0.25, 0.3) is 5.91 Å². The molecule has 0 unspecified atom stereocenters. The van der Waals surface area contributed by atoms with Gasteiger partial charge in [-0.2, -0.15) is 0 Å². The van der Waals surface area contributed by atoms with Crippen molar-refractivity contribution in [2.45, 2.75) is 19.1 Å². The first-order valence-electron chi connectivity index (χ1n) is 8.88. The molecular weight excluding hydrogens is 401 g/mol. The summed E-state index contributed by atoms with van der Waals surface area (Å²) in [6.45, 7) is 2.98. The zero-order chi connectivity index (χ0) is 20.1. The molecular formula is C20H23ClFN3O4. The lowest BCUT2D eigenvalue weighted by molar-refractivity contribution is -0.123. The number of amides is 2. The second-order valence-electron chi connectivity index (χ2n) is 6.38. The van der Waals surface area contributed by atoms with Crippen LogP contribution in [0.4, 0.5) is 15.8 Å². The number of ether oxygens (including phenoxy) is 2. The normalized spacial score (nSPS) is 18.3. The van der Waals surface area contributed by atoms with Crippen LogP contribution in [-0.2, 0) is 9.53 Å². The Morgan fingerprint density at radius 1 is 1.21 bits per heavy atom. The maximum absolute atomic E-state index is 13.4. The lowest BCUT2D eigenvalue weighted by atomic mass is 10.1. The van der Waals surface area contributed by atoms with Gasteiger partial charge in [0.2, 0.25) is 5.91 Å². The van der Waals surface area contributed by atoms with E-state index in [-0.39, 0.29) is 30.0 Å². The largest absolute Gasteiger partial charge is 0.495 e. The van der Waals surface area contributed by atoms with E-state index in [0.717, 1.165) is 6.07 Å². The lowest BCUT2D eigenvalue weighted by Gasteiger charge is -2.29. The summed E-state index contributed by atoms with van der Waals surface area (Å²) in [4.78, 5) is 24.9. The molecule has 1 saturated heterocycles. The summed E-state index contributed by atoms with van der Waals surface area (Å²) >= 11 is 0. The number of hydrogen-bond donors (Lipinski definition) is 3. The Balaban J connectivity index is 0.00000300. The van der Waals surface area contributed by atoms with Gasteiger partial charge in [-0.1, -0.05) is 6.07 Å². The first-order chi connectivity index (χ1) is 13.5. The van der Waals surface area contributed by atoms with Crippen LogP contribution in [0.5, 0.6) is 5.75 Å². The second kappa shape index (κ2) is 10.2. The Hall–Kier alpha value is -2.68. The van der Waals surface area contributed by atoms with Crippen molar-refractivity contribution in [3.8, 4) is 5.75 Å². The van der Waals surface area contributed by atoms with Crippen LogP contribution in [0.2, 0.25) is 0 Å². The van der Waals surface area contributed by atoms with E-state index in [0.29, 0.717) is 30.3 Å². The quantitative estimate of drug-likeness (QED) is 0.688. The molecule has 9 heteroatoms. The van der Waals surface area contributed by atoms with Crippen LogP contribution in [0.15, 0.2) is 42.5 Å². The van der Waals surface area contributed by atoms with E-state index in [1.54, 1.807) is 18.2 Å². The predicted molar refractivity (Wildman–Crippen MR) is 110 cm³/mol. The van der Waals surface area contributed by atoms with Crippen molar-refractivity contribution in [1.29, 1.82) is 0 Å². The summed E-state index contributed by atoms with van der Waals surface area (Å²) in [5, 5.41) is 8.61.